The fourth-order valence-corrected chi connectivity index (χ4v) is 1.60. The molecule has 15 heavy (non-hydrogen) atoms. The first-order valence-corrected chi connectivity index (χ1v) is 5.37. The Kier molecular flexibility index (Phi) is 4.35. The van der Waals surface area contributed by atoms with Gasteiger partial charge in [0.15, 0.2) is 5.78 Å². The van der Waals surface area contributed by atoms with E-state index in [2.05, 4.69) is 6.92 Å². The molecule has 0 aliphatic heterocycles. The maximum absolute atomic E-state index is 11.9. The van der Waals surface area contributed by atoms with Crippen molar-refractivity contribution in [2.24, 2.45) is 5.92 Å². The monoisotopic (exact) mass is 206 g/mol. The van der Waals surface area contributed by atoms with Gasteiger partial charge in [-0.1, -0.05) is 20.3 Å². The Morgan fingerprint density at radius 1 is 1.33 bits per heavy atom. The molecule has 1 unspecified atom stereocenters. The predicted octanol–water partition coefficient (Wildman–Crippen LogP) is 3.31. The summed E-state index contributed by atoms with van der Waals surface area (Å²) >= 11 is 0. The van der Waals surface area contributed by atoms with Gasteiger partial charge in [-0.3, -0.25) is 4.79 Å². The zero-order valence-corrected chi connectivity index (χ0v) is 9.62. The van der Waals surface area contributed by atoms with Crippen LogP contribution in [-0.4, -0.2) is 12.9 Å². The van der Waals surface area contributed by atoms with Crippen LogP contribution in [0.2, 0.25) is 0 Å². The van der Waals surface area contributed by atoms with Crippen LogP contribution in [0.15, 0.2) is 24.3 Å². The van der Waals surface area contributed by atoms with Crippen molar-refractivity contribution in [1.82, 2.24) is 0 Å². The van der Waals surface area contributed by atoms with Gasteiger partial charge in [0.25, 0.3) is 0 Å². The van der Waals surface area contributed by atoms with Crippen LogP contribution < -0.4 is 4.74 Å². The molecule has 0 aliphatic carbocycles. The second-order valence-corrected chi connectivity index (χ2v) is 3.78. The number of carbonyl (C=O) groups excluding carboxylic acids is 1. The highest BCUT2D eigenvalue weighted by molar-refractivity contribution is 5.97. The molecule has 2 heteroatoms. The molecule has 0 saturated carbocycles. The summed E-state index contributed by atoms with van der Waals surface area (Å²) in [5, 5.41) is 0. The zero-order chi connectivity index (χ0) is 11.3. The van der Waals surface area contributed by atoms with Crippen LogP contribution in [0.1, 0.15) is 37.0 Å². The van der Waals surface area contributed by atoms with Crippen LogP contribution in [0, 0.1) is 5.92 Å². The van der Waals surface area contributed by atoms with Gasteiger partial charge in [-0.2, -0.15) is 0 Å². The molecule has 0 heterocycles. The number of hydrogen-bond donors (Lipinski definition) is 0. The number of ketones is 1. The van der Waals surface area contributed by atoms with Gasteiger partial charge in [0.05, 0.1) is 7.11 Å². The van der Waals surface area contributed by atoms with Gasteiger partial charge in [0, 0.05) is 11.5 Å². The largest absolute Gasteiger partial charge is 0.497 e. The number of Topliss-reactive ketones (excluding diaryl/α,β-unsaturated/α-hetero) is 1. The third-order valence-electron chi connectivity index (χ3n) is 2.54. The molecule has 1 aromatic carbocycles. The molecule has 0 aliphatic rings. The predicted molar refractivity (Wildman–Crippen MR) is 61.4 cm³/mol. The normalized spacial score (nSPS) is 12.2. The highest BCUT2D eigenvalue weighted by Crippen LogP contribution is 2.17. The molecule has 1 rings (SSSR count). The standard InChI is InChI=1S/C13H18O2/c1-4-5-10(2)13(14)11-6-8-12(15-3)9-7-11/h6-10H,4-5H2,1-3H3. The molecule has 2 nitrogen and oxygen atoms in total. The Labute approximate surface area is 91.3 Å². The SMILES string of the molecule is CCCC(C)C(=O)c1ccc(OC)cc1. The lowest BCUT2D eigenvalue weighted by atomic mass is 9.95. The highest BCUT2D eigenvalue weighted by atomic mass is 16.5. The van der Waals surface area contributed by atoms with Gasteiger partial charge >= 0.3 is 0 Å². The Bertz CT molecular complexity index is 314. The fourth-order valence-electron chi connectivity index (χ4n) is 1.60. The van der Waals surface area contributed by atoms with Crippen molar-refractivity contribution in [2.75, 3.05) is 7.11 Å². The van der Waals surface area contributed by atoms with Crippen molar-refractivity contribution in [1.29, 1.82) is 0 Å². The minimum absolute atomic E-state index is 0.114. The average Bonchev–Trinajstić information content (AvgIpc) is 2.28. The van der Waals surface area contributed by atoms with Crippen LogP contribution in [-0.2, 0) is 0 Å². The Hall–Kier alpha value is -1.31. The third-order valence-corrected chi connectivity index (χ3v) is 2.54. The first kappa shape index (κ1) is 11.8. The summed E-state index contributed by atoms with van der Waals surface area (Å²) in [6.07, 6.45) is 1.99. The summed E-state index contributed by atoms with van der Waals surface area (Å²) in [6.45, 7) is 4.08. The summed E-state index contributed by atoms with van der Waals surface area (Å²) < 4.78 is 5.05. The second kappa shape index (κ2) is 5.54. The Morgan fingerprint density at radius 3 is 2.40 bits per heavy atom. The summed E-state index contributed by atoms with van der Waals surface area (Å²) in [4.78, 5) is 11.9. The molecule has 1 atom stereocenters. The van der Waals surface area contributed by atoms with Crippen molar-refractivity contribution in [3.05, 3.63) is 29.8 Å². The van der Waals surface area contributed by atoms with Gasteiger partial charge in [-0.05, 0) is 30.7 Å². The lowest BCUT2D eigenvalue weighted by Crippen LogP contribution is -2.10. The van der Waals surface area contributed by atoms with Crippen LogP contribution in [0.25, 0.3) is 0 Å². The lowest BCUT2D eigenvalue weighted by molar-refractivity contribution is 0.0923. The van der Waals surface area contributed by atoms with Crippen molar-refractivity contribution >= 4 is 5.78 Å². The first-order chi connectivity index (χ1) is 7.19. The molecular weight excluding hydrogens is 188 g/mol. The first-order valence-electron chi connectivity index (χ1n) is 5.37. The van der Waals surface area contributed by atoms with E-state index >= 15 is 0 Å². The van der Waals surface area contributed by atoms with Crippen LogP contribution in [0.5, 0.6) is 5.75 Å². The van der Waals surface area contributed by atoms with Gasteiger partial charge in [-0.25, -0.2) is 0 Å². The summed E-state index contributed by atoms with van der Waals surface area (Å²) in [5.41, 5.74) is 0.775. The van der Waals surface area contributed by atoms with Crippen LogP contribution in [0.3, 0.4) is 0 Å². The average molecular weight is 206 g/mol. The molecule has 0 saturated heterocycles. The molecule has 0 bridgehead atoms. The fraction of sp³-hybridized carbons (Fsp3) is 0.462. The van der Waals surface area contributed by atoms with Gasteiger partial charge < -0.3 is 4.74 Å². The molecule has 0 aromatic heterocycles. The van der Waals surface area contributed by atoms with E-state index in [1.54, 1.807) is 7.11 Å². The van der Waals surface area contributed by atoms with Crippen molar-refractivity contribution in [2.45, 2.75) is 26.7 Å². The number of ether oxygens (including phenoxy) is 1. The molecule has 0 spiro atoms. The summed E-state index contributed by atoms with van der Waals surface area (Å²) in [5.74, 6) is 1.12. The topological polar surface area (TPSA) is 26.3 Å². The molecule has 0 fully saturated rings. The third kappa shape index (κ3) is 3.08. The molecule has 0 N–H and O–H groups in total. The van der Waals surface area contributed by atoms with E-state index in [0.29, 0.717) is 0 Å². The minimum atomic E-state index is 0.114. The van der Waals surface area contributed by atoms with Crippen molar-refractivity contribution in [3.8, 4) is 5.75 Å². The minimum Gasteiger partial charge on any atom is -0.497 e. The maximum atomic E-state index is 11.9. The zero-order valence-electron chi connectivity index (χ0n) is 9.62. The van der Waals surface area contributed by atoms with Crippen LogP contribution >= 0.6 is 0 Å². The van der Waals surface area contributed by atoms with Crippen molar-refractivity contribution < 1.29 is 9.53 Å². The smallest absolute Gasteiger partial charge is 0.165 e. The number of hydrogen-bond acceptors (Lipinski definition) is 2. The van der Waals surface area contributed by atoms with E-state index < -0.39 is 0 Å². The van der Waals surface area contributed by atoms with E-state index in [9.17, 15) is 4.79 Å². The summed E-state index contributed by atoms with van der Waals surface area (Å²) in [6, 6.07) is 7.30. The maximum Gasteiger partial charge on any atom is 0.165 e. The van der Waals surface area contributed by atoms with E-state index in [0.717, 1.165) is 24.2 Å². The number of carbonyl (C=O) groups is 1. The summed E-state index contributed by atoms with van der Waals surface area (Å²) in [7, 11) is 1.62. The number of methoxy groups -OCH3 is 1. The highest BCUT2D eigenvalue weighted by Gasteiger charge is 2.13. The van der Waals surface area contributed by atoms with Crippen LogP contribution in [0.4, 0.5) is 0 Å². The molecule has 1 aromatic rings. The Morgan fingerprint density at radius 2 is 1.93 bits per heavy atom. The number of rotatable bonds is 5. The molecule has 0 amide bonds. The molecular formula is C13H18O2. The lowest BCUT2D eigenvalue weighted by Gasteiger charge is -2.09. The van der Waals surface area contributed by atoms with Crippen molar-refractivity contribution in [3.63, 3.8) is 0 Å². The van der Waals surface area contributed by atoms with E-state index in [1.165, 1.54) is 0 Å². The molecule has 82 valence electrons. The van der Waals surface area contributed by atoms with E-state index in [1.807, 2.05) is 31.2 Å². The number of benzene rings is 1. The van der Waals surface area contributed by atoms with Gasteiger partial charge in [0.1, 0.15) is 5.75 Å². The van der Waals surface area contributed by atoms with Gasteiger partial charge in [-0.15, -0.1) is 0 Å². The quantitative estimate of drug-likeness (QED) is 0.691. The second-order valence-electron chi connectivity index (χ2n) is 3.78. The Balaban J connectivity index is 2.73. The van der Waals surface area contributed by atoms with Gasteiger partial charge in [0.2, 0.25) is 0 Å². The van der Waals surface area contributed by atoms with E-state index in [-0.39, 0.29) is 11.7 Å². The van der Waals surface area contributed by atoms with E-state index in [4.69, 9.17) is 4.74 Å². The molecule has 0 radical (unpaired) electrons.